The van der Waals surface area contributed by atoms with Gasteiger partial charge in [0.15, 0.2) is 0 Å². The van der Waals surface area contributed by atoms with Crippen LogP contribution in [0.2, 0.25) is 0 Å². The average Bonchev–Trinajstić information content (AvgIpc) is 2.38. The number of nitrogens with one attached hydrogen (secondary N) is 1. The van der Waals surface area contributed by atoms with Crippen molar-refractivity contribution in [2.24, 2.45) is 0 Å². The van der Waals surface area contributed by atoms with Crippen LogP contribution in [0.5, 0.6) is 5.75 Å². The Morgan fingerprint density at radius 1 is 1.35 bits per heavy atom. The van der Waals surface area contributed by atoms with Crippen LogP contribution in [0, 0.1) is 0 Å². The lowest BCUT2D eigenvalue weighted by Gasteiger charge is -2.33. The van der Waals surface area contributed by atoms with E-state index in [-0.39, 0.29) is 0 Å². The van der Waals surface area contributed by atoms with Crippen LogP contribution < -0.4 is 10.1 Å². The lowest BCUT2D eigenvalue weighted by molar-refractivity contribution is 0.0123. The fourth-order valence-electron chi connectivity index (χ4n) is 2.22. The van der Waals surface area contributed by atoms with Crippen molar-refractivity contribution in [1.82, 2.24) is 5.32 Å². The monoisotopic (exact) mass is 235 g/mol. The van der Waals surface area contributed by atoms with Gasteiger partial charge in [0.05, 0.1) is 6.61 Å². The fraction of sp³-hybridized carbons (Fsp3) is 0.571. The molecule has 1 aromatic rings. The number of benzene rings is 1. The van der Waals surface area contributed by atoms with Crippen LogP contribution in [-0.4, -0.2) is 24.8 Å². The Morgan fingerprint density at radius 2 is 2.12 bits per heavy atom. The molecule has 0 bridgehead atoms. The largest absolute Gasteiger partial charge is 0.494 e. The Bertz CT molecular complexity index is 342. The third kappa shape index (κ3) is 2.99. The van der Waals surface area contributed by atoms with Gasteiger partial charge in [0, 0.05) is 6.54 Å². The summed E-state index contributed by atoms with van der Waals surface area (Å²) in [5.41, 5.74) is 0.273. The molecule has 0 spiro atoms. The van der Waals surface area contributed by atoms with E-state index in [1.54, 1.807) is 0 Å². The van der Waals surface area contributed by atoms with Crippen molar-refractivity contribution in [2.75, 3.05) is 19.7 Å². The van der Waals surface area contributed by atoms with Gasteiger partial charge in [-0.1, -0.05) is 19.1 Å². The van der Waals surface area contributed by atoms with Crippen LogP contribution >= 0.6 is 0 Å². The standard InChI is InChI=1S/C14H21NO2/c1-2-10-17-13-6-4-12(5-7-13)14(16)8-3-9-15-11-14/h4-7,15-16H,2-3,8-11H2,1H3. The van der Waals surface area contributed by atoms with Crippen molar-refractivity contribution in [1.29, 1.82) is 0 Å². The van der Waals surface area contributed by atoms with Crippen molar-refractivity contribution in [2.45, 2.75) is 31.8 Å². The smallest absolute Gasteiger partial charge is 0.119 e. The summed E-state index contributed by atoms with van der Waals surface area (Å²) in [5.74, 6) is 0.878. The van der Waals surface area contributed by atoms with Gasteiger partial charge in [-0.3, -0.25) is 0 Å². The fourth-order valence-corrected chi connectivity index (χ4v) is 2.22. The molecule has 2 rings (SSSR count). The first-order valence-corrected chi connectivity index (χ1v) is 6.41. The number of hydrogen-bond donors (Lipinski definition) is 2. The molecule has 0 radical (unpaired) electrons. The first kappa shape index (κ1) is 12.4. The number of rotatable bonds is 4. The molecule has 0 aliphatic carbocycles. The molecule has 1 aliphatic rings. The Balaban J connectivity index is 2.06. The number of aliphatic hydroxyl groups is 1. The minimum atomic E-state index is -0.707. The van der Waals surface area contributed by atoms with E-state index in [4.69, 9.17) is 4.74 Å². The summed E-state index contributed by atoms with van der Waals surface area (Å²) >= 11 is 0. The third-order valence-corrected chi connectivity index (χ3v) is 3.23. The van der Waals surface area contributed by atoms with Crippen LogP contribution in [-0.2, 0) is 5.60 Å². The van der Waals surface area contributed by atoms with Gasteiger partial charge < -0.3 is 15.2 Å². The van der Waals surface area contributed by atoms with Crippen molar-refractivity contribution < 1.29 is 9.84 Å². The summed E-state index contributed by atoms with van der Waals surface area (Å²) in [6.45, 7) is 4.47. The molecule has 1 unspecified atom stereocenters. The van der Waals surface area contributed by atoms with E-state index < -0.39 is 5.60 Å². The van der Waals surface area contributed by atoms with Crippen LogP contribution in [0.25, 0.3) is 0 Å². The molecule has 1 heterocycles. The highest BCUT2D eigenvalue weighted by Crippen LogP contribution is 2.29. The molecule has 0 saturated carbocycles. The molecule has 0 aromatic heterocycles. The molecule has 17 heavy (non-hydrogen) atoms. The SMILES string of the molecule is CCCOc1ccc(C2(O)CCCNC2)cc1. The zero-order valence-corrected chi connectivity index (χ0v) is 10.4. The number of piperidine rings is 1. The summed E-state index contributed by atoms with van der Waals surface area (Å²) < 4.78 is 5.53. The summed E-state index contributed by atoms with van der Waals surface area (Å²) in [7, 11) is 0. The van der Waals surface area contributed by atoms with Crippen LogP contribution in [0.1, 0.15) is 31.7 Å². The predicted molar refractivity (Wildman–Crippen MR) is 68.2 cm³/mol. The van der Waals surface area contributed by atoms with E-state index in [1.807, 2.05) is 24.3 Å². The van der Waals surface area contributed by atoms with E-state index in [0.29, 0.717) is 6.54 Å². The van der Waals surface area contributed by atoms with Gasteiger partial charge in [-0.15, -0.1) is 0 Å². The van der Waals surface area contributed by atoms with Crippen LogP contribution in [0.15, 0.2) is 24.3 Å². The Labute approximate surface area is 103 Å². The average molecular weight is 235 g/mol. The molecule has 3 heteroatoms. The highest BCUT2D eigenvalue weighted by atomic mass is 16.5. The van der Waals surface area contributed by atoms with E-state index in [1.165, 1.54) is 0 Å². The summed E-state index contributed by atoms with van der Waals surface area (Å²) in [6, 6.07) is 7.82. The molecule has 1 saturated heterocycles. The van der Waals surface area contributed by atoms with Crippen molar-refractivity contribution in [3.8, 4) is 5.75 Å². The summed E-state index contributed by atoms with van der Waals surface area (Å²) in [5, 5.41) is 13.7. The second-order valence-electron chi connectivity index (χ2n) is 4.68. The summed E-state index contributed by atoms with van der Waals surface area (Å²) in [6.07, 6.45) is 2.86. The highest BCUT2D eigenvalue weighted by Gasteiger charge is 2.30. The molecule has 2 N–H and O–H groups in total. The van der Waals surface area contributed by atoms with Gasteiger partial charge in [0.1, 0.15) is 11.4 Å². The van der Waals surface area contributed by atoms with Gasteiger partial charge in [0.25, 0.3) is 0 Å². The van der Waals surface area contributed by atoms with Crippen molar-refractivity contribution >= 4 is 0 Å². The highest BCUT2D eigenvalue weighted by molar-refractivity contribution is 5.31. The predicted octanol–water partition coefficient (Wildman–Crippen LogP) is 2.05. The normalized spacial score (nSPS) is 24.6. The lowest BCUT2D eigenvalue weighted by Crippen LogP contribution is -2.43. The molecule has 1 aromatic carbocycles. The number of hydrogen-bond acceptors (Lipinski definition) is 3. The molecule has 0 amide bonds. The first-order chi connectivity index (χ1) is 8.24. The van der Waals surface area contributed by atoms with Crippen molar-refractivity contribution in [3.63, 3.8) is 0 Å². The minimum Gasteiger partial charge on any atom is -0.494 e. The molecule has 94 valence electrons. The van der Waals surface area contributed by atoms with Gasteiger partial charge >= 0.3 is 0 Å². The van der Waals surface area contributed by atoms with E-state index in [0.717, 1.165) is 43.7 Å². The third-order valence-electron chi connectivity index (χ3n) is 3.23. The Kier molecular flexibility index (Phi) is 4.02. The minimum absolute atomic E-state index is 0.641. The maximum absolute atomic E-state index is 10.5. The number of ether oxygens (including phenoxy) is 1. The second kappa shape index (κ2) is 5.52. The maximum atomic E-state index is 10.5. The van der Waals surface area contributed by atoms with Crippen molar-refractivity contribution in [3.05, 3.63) is 29.8 Å². The molecule has 1 aliphatic heterocycles. The molecule has 1 fully saturated rings. The zero-order chi connectivity index (χ0) is 12.1. The van der Waals surface area contributed by atoms with E-state index in [9.17, 15) is 5.11 Å². The maximum Gasteiger partial charge on any atom is 0.119 e. The van der Waals surface area contributed by atoms with E-state index in [2.05, 4.69) is 12.2 Å². The quantitative estimate of drug-likeness (QED) is 0.839. The van der Waals surface area contributed by atoms with E-state index >= 15 is 0 Å². The van der Waals surface area contributed by atoms with Gasteiger partial charge in [-0.2, -0.15) is 0 Å². The molecule has 1 atom stereocenters. The molecule has 3 nitrogen and oxygen atoms in total. The van der Waals surface area contributed by atoms with Gasteiger partial charge in [0.2, 0.25) is 0 Å². The lowest BCUT2D eigenvalue weighted by atomic mass is 9.87. The topological polar surface area (TPSA) is 41.5 Å². The number of β-amino-alcohol motifs (C(OH)–C–C–N with tert-alkyl or cyclic N) is 1. The zero-order valence-electron chi connectivity index (χ0n) is 10.4. The second-order valence-corrected chi connectivity index (χ2v) is 4.68. The molecular formula is C14H21NO2. The summed E-state index contributed by atoms with van der Waals surface area (Å²) in [4.78, 5) is 0. The van der Waals surface area contributed by atoms with Gasteiger partial charge in [-0.05, 0) is 43.5 Å². The van der Waals surface area contributed by atoms with Crippen LogP contribution in [0.4, 0.5) is 0 Å². The van der Waals surface area contributed by atoms with Crippen LogP contribution in [0.3, 0.4) is 0 Å². The Hall–Kier alpha value is -1.06. The van der Waals surface area contributed by atoms with Gasteiger partial charge in [-0.25, -0.2) is 0 Å². The first-order valence-electron chi connectivity index (χ1n) is 6.41. The Morgan fingerprint density at radius 3 is 2.71 bits per heavy atom. The molecular weight excluding hydrogens is 214 g/mol.